The van der Waals surface area contributed by atoms with Crippen molar-refractivity contribution in [2.24, 2.45) is 0 Å². The van der Waals surface area contributed by atoms with E-state index < -0.39 is 0 Å². The first-order valence-corrected chi connectivity index (χ1v) is 39.7. The summed E-state index contributed by atoms with van der Waals surface area (Å²) in [4.78, 5) is 21.3. The van der Waals surface area contributed by atoms with Gasteiger partial charge in [-0.15, -0.1) is 0 Å². The highest BCUT2D eigenvalue weighted by molar-refractivity contribution is 6.23. The summed E-state index contributed by atoms with van der Waals surface area (Å²) in [6.07, 6.45) is 0. The summed E-state index contributed by atoms with van der Waals surface area (Å²) in [5, 5.41) is 22.7. The lowest BCUT2D eigenvalue weighted by Gasteiger charge is -2.19. The SMILES string of the molecule is c1ccc(-c2cc(-c3ccccc3)nc(-c3ccc(-c4cc5c(-c6cc7ccccc7c7ccccc67)cc(-c6cc7ccccc7c7ccccc67)nc5c5ccccc45)cc3)c2)cc1.c1ccc2cc(-c3cc(-c4ccc5ccccc5c4)c4cc(-c5ccc(-c6ccc7ccccc7n6)cc5)c5ccccc5c4n3)ccc2c1. The van der Waals surface area contributed by atoms with E-state index >= 15 is 0 Å². The lowest BCUT2D eigenvalue weighted by Crippen LogP contribution is -1.95. The van der Waals surface area contributed by atoms with Gasteiger partial charge in [-0.05, 0) is 204 Å². The summed E-state index contributed by atoms with van der Waals surface area (Å²) < 4.78 is 0. The molecule has 116 heavy (non-hydrogen) atoms. The van der Waals surface area contributed by atoms with E-state index in [9.17, 15) is 0 Å². The average molecular weight is 1470 g/mol. The number of benzene rings is 19. The quantitative estimate of drug-likeness (QED) is 0.128. The molecule has 0 saturated heterocycles. The predicted octanol–water partition coefficient (Wildman–Crippen LogP) is 30.3. The van der Waals surface area contributed by atoms with Crippen LogP contribution in [-0.2, 0) is 0 Å². The van der Waals surface area contributed by atoms with Crippen LogP contribution in [0.3, 0.4) is 0 Å². The van der Waals surface area contributed by atoms with E-state index in [0.29, 0.717) is 0 Å². The summed E-state index contributed by atoms with van der Waals surface area (Å²) in [5.74, 6) is 0. The Morgan fingerprint density at radius 3 is 1.03 bits per heavy atom. The van der Waals surface area contributed by atoms with Gasteiger partial charge in [-0.1, -0.05) is 352 Å². The van der Waals surface area contributed by atoms with Crippen LogP contribution >= 0.6 is 0 Å². The normalized spacial score (nSPS) is 11.6. The third kappa shape index (κ3) is 12.1. The predicted molar refractivity (Wildman–Crippen MR) is 491 cm³/mol. The van der Waals surface area contributed by atoms with Crippen LogP contribution in [0, 0.1) is 0 Å². The number of para-hydroxylation sites is 1. The van der Waals surface area contributed by atoms with Crippen LogP contribution in [0.5, 0.6) is 0 Å². The molecule has 4 heterocycles. The molecule has 0 atom stereocenters. The first kappa shape index (κ1) is 67.5. The van der Waals surface area contributed by atoms with E-state index in [1.54, 1.807) is 0 Å². The second-order valence-electron chi connectivity index (χ2n) is 30.2. The molecule has 19 aromatic carbocycles. The topological polar surface area (TPSA) is 51.6 Å². The molecule has 0 saturated carbocycles. The van der Waals surface area contributed by atoms with Gasteiger partial charge in [-0.25, -0.2) is 19.9 Å². The molecule has 0 aliphatic heterocycles. The molecule has 0 amide bonds. The summed E-state index contributed by atoms with van der Waals surface area (Å²) in [7, 11) is 0. The van der Waals surface area contributed by atoms with Crippen molar-refractivity contribution >= 4 is 119 Å². The average Bonchev–Trinajstić information content (AvgIpc) is 0.703. The van der Waals surface area contributed by atoms with Crippen LogP contribution in [0.4, 0.5) is 0 Å². The molecule has 0 aliphatic rings. The number of fused-ring (bicyclic) bond motifs is 15. The standard InChI is InChI=1S/C64H40N2.C48H30N2/c1-3-17-41(18-4-1)47-37-61(43-19-5-2-6-20-43)65-62(38-47)44-33-31-42(32-34-44)56-39-60-58(57-35-45-21-7-9-23-48(45)50-25-11-13-27-52(50)57)40-63(66-64(60)55-30-16-15-29-54(55)56)59-36-46-22-8-10-24-49(46)51-26-12-14-28-53(51)59;1-3-12-36-27-38(23-17-31(36)9-1)43-30-47(39-24-18-32-10-2-4-13-37(32)28-39)50-48-41-15-7-6-14-40(41)42(29-44(43)48)33-19-21-35(22-20-33)46-26-25-34-11-5-8-16-45(34)49-46/h1-40H;1-30H. The summed E-state index contributed by atoms with van der Waals surface area (Å²) in [5.41, 5.74) is 25.0. The van der Waals surface area contributed by atoms with Gasteiger partial charge < -0.3 is 0 Å². The molecule has 538 valence electrons. The van der Waals surface area contributed by atoms with Gasteiger partial charge in [-0.2, -0.15) is 0 Å². The lowest BCUT2D eigenvalue weighted by molar-refractivity contribution is 1.32. The fourth-order valence-corrected chi connectivity index (χ4v) is 17.7. The van der Waals surface area contributed by atoms with Gasteiger partial charge in [0.2, 0.25) is 0 Å². The molecular formula is C112H70N4. The highest BCUT2D eigenvalue weighted by Gasteiger charge is 2.23. The summed E-state index contributed by atoms with van der Waals surface area (Å²) in [6.45, 7) is 0. The lowest BCUT2D eigenvalue weighted by atomic mass is 9.87. The molecule has 0 N–H and O–H groups in total. The molecule has 23 aromatic rings. The summed E-state index contributed by atoms with van der Waals surface area (Å²) in [6, 6.07) is 153. The molecule has 0 spiro atoms. The minimum atomic E-state index is 0.938. The van der Waals surface area contributed by atoms with E-state index in [4.69, 9.17) is 19.9 Å². The Morgan fingerprint density at radius 2 is 0.466 bits per heavy atom. The van der Waals surface area contributed by atoms with Crippen molar-refractivity contribution in [3.63, 3.8) is 0 Å². The van der Waals surface area contributed by atoms with Crippen molar-refractivity contribution < 1.29 is 0 Å². The van der Waals surface area contributed by atoms with Crippen LogP contribution < -0.4 is 0 Å². The van der Waals surface area contributed by atoms with Crippen molar-refractivity contribution in [1.82, 2.24) is 19.9 Å². The molecule has 0 radical (unpaired) electrons. The highest BCUT2D eigenvalue weighted by atomic mass is 14.7. The Hall–Kier alpha value is -15.4. The minimum Gasteiger partial charge on any atom is -0.248 e. The van der Waals surface area contributed by atoms with E-state index in [1.807, 2.05) is 6.07 Å². The summed E-state index contributed by atoms with van der Waals surface area (Å²) >= 11 is 0. The number of pyridine rings is 4. The molecular weight excluding hydrogens is 1400 g/mol. The molecule has 4 aromatic heterocycles. The largest absolute Gasteiger partial charge is 0.248 e. The second kappa shape index (κ2) is 28.4. The van der Waals surface area contributed by atoms with Crippen LogP contribution in [-0.4, -0.2) is 19.9 Å². The first-order valence-electron chi connectivity index (χ1n) is 39.7. The number of hydrogen-bond donors (Lipinski definition) is 0. The molecule has 23 rings (SSSR count). The van der Waals surface area contributed by atoms with Crippen LogP contribution in [0.1, 0.15) is 0 Å². The van der Waals surface area contributed by atoms with Gasteiger partial charge in [0.05, 0.1) is 45.0 Å². The molecule has 0 bridgehead atoms. The third-order valence-corrected chi connectivity index (χ3v) is 23.4. The Morgan fingerprint density at radius 1 is 0.121 bits per heavy atom. The van der Waals surface area contributed by atoms with Gasteiger partial charge in [0.15, 0.2) is 0 Å². The van der Waals surface area contributed by atoms with Gasteiger partial charge >= 0.3 is 0 Å². The van der Waals surface area contributed by atoms with Crippen molar-refractivity contribution in [2.45, 2.75) is 0 Å². The molecule has 4 nitrogen and oxygen atoms in total. The maximum Gasteiger partial charge on any atom is 0.0794 e. The van der Waals surface area contributed by atoms with Crippen molar-refractivity contribution in [3.05, 3.63) is 425 Å². The van der Waals surface area contributed by atoms with E-state index in [0.717, 1.165) is 139 Å². The second-order valence-corrected chi connectivity index (χ2v) is 30.2. The van der Waals surface area contributed by atoms with Crippen LogP contribution in [0.15, 0.2) is 425 Å². The van der Waals surface area contributed by atoms with E-state index in [1.165, 1.54) is 92.3 Å². The van der Waals surface area contributed by atoms with Gasteiger partial charge in [0, 0.05) is 54.7 Å². The van der Waals surface area contributed by atoms with Crippen molar-refractivity contribution in [3.8, 4) is 112 Å². The van der Waals surface area contributed by atoms with Crippen molar-refractivity contribution in [1.29, 1.82) is 0 Å². The van der Waals surface area contributed by atoms with E-state index in [-0.39, 0.29) is 0 Å². The number of hydrogen-bond acceptors (Lipinski definition) is 4. The molecule has 4 heteroatoms. The fraction of sp³-hybridized carbons (Fsp3) is 0. The number of rotatable bonds is 10. The zero-order valence-electron chi connectivity index (χ0n) is 63.2. The highest BCUT2D eigenvalue weighted by Crippen LogP contribution is 2.47. The maximum atomic E-state index is 5.71. The van der Waals surface area contributed by atoms with Gasteiger partial charge in [0.25, 0.3) is 0 Å². The molecule has 0 unspecified atom stereocenters. The molecule has 0 aliphatic carbocycles. The minimum absolute atomic E-state index is 0.938. The maximum absolute atomic E-state index is 5.71. The number of nitrogens with zero attached hydrogens (tertiary/aromatic N) is 4. The van der Waals surface area contributed by atoms with Gasteiger partial charge in [-0.3, -0.25) is 0 Å². The first-order chi connectivity index (χ1) is 57.5. The van der Waals surface area contributed by atoms with Crippen LogP contribution in [0.25, 0.3) is 231 Å². The van der Waals surface area contributed by atoms with Crippen molar-refractivity contribution in [2.75, 3.05) is 0 Å². The van der Waals surface area contributed by atoms with Crippen LogP contribution in [0.2, 0.25) is 0 Å². The molecule has 0 fully saturated rings. The Labute approximate surface area is 670 Å². The third-order valence-electron chi connectivity index (χ3n) is 23.4. The monoisotopic (exact) mass is 1470 g/mol. The zero-order valence-corrected chi connectivity index (χ0v) is 63.2. The zero-order chi connectivity index (χ0) is 76.6. The number of aromatic nitrogens is 4. The van der Waals surface area contributed by atoms with E-state index in [2.05, 4.69) is 419 Å². The Kier molecular flexibility index (Phi) is 16.6. The Balaban J connectivity index is 0.000000146. The van der Waals surface area contributed by atoms with Gasteiger partial charge in [0.1, 0.15) is 0 Å². The smallest absolute Gasteiger partial charge is 0.0794 e. The Bertz CT molecular complexity index is 7810. The fourth-order valence-electron chi connectivity index (χ4n) is 17.7.